The first kappa shape index (κ1) is 13.7. The first-order valence-corrected chi connectivity index (χ1v) is 7.05. The molecule has 0 amide bonds. The van der Waals surface area contributed by atoms with Gasteiger partial charge in [-0.3, -0.25) is 4.98 Å². The van der Waals surface area contributed by atoms with E-state index in [2.05, 4.69) is 10.3 Å². The van der Waals surface area contributed by atoms with E-state index in [0.29, 0.717) is 5.02 Å². The number of hydrogen-bond acceptors (Lipinski definition) is 3. The number of hydrogen-bond donors (Lipinski definition) is 1. The summed E-state index contributed by atoms with van der Waals surface area (Å²) in [5.41, 5.74) is 3.14. The number of pyridine rings is 1. The lowest BCUT2D eigenvalue weighted by Crippen LogP contribution is -2.00. The molecule has 1 N–H and O–H groups in total. The van der Waals surface area contributed by atoms with Gasteiger partial charge >= 0.3 is 0 Å². The van der Waals surface area contributed by atoms with E-state index in [1.54, 1.807) is 13.3 Å². The molecule has 3 rings (SSSR count). The smallest absolute Gasteiger partial charge is 0.118 e. The molecule has 0 aliphatic heterocycles. The summed E-state index contributed by atoms with van der Waals surface area (Å²) in [5.74, 6) is 0.861. The van der Waals surface area contributed by atoms with Crippen molar-refractivity contribution >= 4 is 28.2 Å². The van der Waals surface area contributed by atoms with Crippen LogP contribution in [0.4, 0.5) is 5.69 Å². The minimum atomic E-state index is 0.711. The molecule has 0 saturated carbocycles. The average Bonchev–Trinajstić information content (AvgIpc) is 2.53. The standard InChI is InChI=1S/C17H15ClN2O/c1-21-14-5-2-12(3-6-14)11-20-17-8-9-19-16-7-4-13(18)10-15(16)17/h2-10H,11H2,1H3,(H,19,20). The second kappa shape index (κ2) is 6.02. The molecule has 3 nitrogen and oxygen atoms in total. The second-order valence-corrected chi connectivity index (χ2v) is 5.16. The molecule has 1 aromatic heterocycles. The molecule has 106 valence electrons. The average molecular weight is 299 g/mol. The van der Waals surface area contributed by atoms with Crippen molar-refractivity contribution in [2.75, 3.05) is 12.4 Å². The SMILES string of the molecule is COc1ccc(CNc2ccnc3ccc(Cl)cc23)cc1. The summed E-state index contributed by atoms with van der Waals surface area (Å²) >= 11 is 6.07. The van der Waals surface area contributed by atoms with E-state index in [9.17, 15) is 0 Å². The summed E-state index contributed by atoms with van der Waals surface area (Å²) in [6.07, 6.45) is 1.80. The van der Waals surface area contributed by atoms with Gasteiger partial charge in [0.25, 0.3) is 0 Å². The first-order chi connectivity index (χ1) is 10.3. The Morgan fingerprint density at radius 2 is 1.90 bits per heavy atom. The van der Waals surface area contributed by atoms with Crippen molar-refractivity contribution in [3.8, 4) is 5.75 Å². The number of anilines is 1. The molecule has 3 aromatic rings. The number of aromatic nitrogens is 1. The zero-order valence-corrected chi connectivity index (χ0v) is 12.4. The molecule has 1 heterocycles. The van der Waals surface area contributed by atoms with Gasteiger partial charge in [-0.1, -0.05) is 23.7 Å². The molecule has 2 aromatic carbocycles. The first-order valence-electron chi connectivity index (χ1n) is 6.67. The maximum Gasteiger partial charge on any atom is 0.118 e. The molecule has 0 fully saturated rings. The van der Waals surface area contributed by atoms with Crippen molar-refractivity contribution in [1.82, 2.24) is 4.98 Å². The lowest BCUT2D eigenvalue weighted by atomic mass is 10.1. The minimum absolute atomic E-state index is 0.711. The zero-order valence-electron chi connectivity index (χ0n) is 11.6. The van der Waals surface area contributed by atoms with Gasteiger partial charge in [-0.15, -0.1) is 0 Å². The summed E-state index contributed by atoms with van der Waals surface area (Å²) < 4.78 is 5.16. The predicted octanol–water partition coefficient (Wildman–Crippen LogP) is 4.51. The Balaban J connectivity index is 1.82. The summed E-state index contributed by atoms with van der Waals surface area (Å²) in [5, 5.41) is 5.17. The maximum atomic E-state index is 6.07. The molecular weight excluding hydrogens is 284 g/mol. The van der Waals surface area contributed by atoms with Crippen LogP contribution in [-0.4, -0.2) is 12.1 Å². The Morgan fingerprint density at radius 1 is 1.10 bits per heavy atom. The van der Waals surface area contributed by atoms with E-state index in [1.807, 2.05) is 48.5 Å². The van der Waals surface area contributed by atoms with E-state index >= 15 is 0 Å². The molecule has 4 heteroatoms. The van der Waals surface area contributed by atoms with Crippen molar-refractivity contribution in [2.45, 2.75) is 6.54 Å². The van der Waals surface area contributed by atoms with Crippen LogP contribution in [-0.2, 0) is 6.54 Å². The Bertz CT molecular complexity index is 756. The van der Waals surface area contributed by atoms with Crippen LogP contribution in [0.5, 0.6) is 5.75 Å². The quantitative estimate of drug-likeness (QED) is 0.769. The fourth-order valence-corrected chi connectivity index (χ4v) is 2.39. The van der Waals surface area contributed by atoms with E-state index in [0.717, 1.165) is 28.9 Å². The fourth-order valence-electron chi connectivity index (χ4n) is 2.21. The predicted molar refractivity (Wildman–Crippen MR) is 87.1 cm³/mol. The van der Waals surface area contributed by atoms with Gasteiger partial charge in [0.1, 0.15) is 5.75 Å². The van der Waals surface area contributed by atoms with Gasteiger partial charge in [0.15, 0.2) is 0 Å². The molecule has 0 saturated heterocycles. The van der Waals surface area contributed by atoms with E-state index in [-0.39, 0.29) is 0 Å². The van der Waals surface area contributed by atoms with Gasteiger partial charge in [-0.2, -0.15) is 0 Å². The minimum Gasteiger partial charge on any atom is -0.497 e. The van der Waals surface area contributed by atoms with Crippen molar-refractivity contribution in [3.63, 3.8) is 0 Å². The van der Waals surface area contributed by atoms with Crippen LogP contribution in [0.25, 0.3) is 10.9 Å². The number of ether oxygens (including phenoxy) is 1. The number of fused-ring (bicyclic) bond motifs is 1. The van der Waals surface area contributed by atoms with Crippen molar-refractivity contribution < 1.29 is 4.74 Å². The third kappa shape index (κ3) is 3.09. The van der Waals surface area contributed by atoms with Crippen LogP contribution in [0.2, 0.25) is 5.02 Å². The molecule has 0 unspecified atom stereocenters. The number of nitrogens with zero attached hydrogens (tertiary/aromatic N) is 1. The van der Waals surface area contributed by atoms with Crippen LogP contribution in [0.1, 0.15) is 5.56 Å². The molecule has 0 atom stereocenters. The molecule has 0 aliphatic rings. The lowest BCUT2D eigenvalue weighted by Gasteiger charge is -2.10. The highest BCUT2D eigenvalue weighted by Gasteiger charge is 2.03. The highest BCUT2D eigenvalue weighted by molar-refractivity contribution is 6.31. The summed E-state index contributed by atoms with van der Waals surface area (Å²) in [6.45, 7) is 0.732. The summed E-state index contributed by atoms with van der Waals surface area (Å²) in [7, 11) is 1.67. The monoisotopic (exact) mass is 298 g/mol. The molecule has 0 bridgehead atoms. The zero-order chi connectivity index (χ0) is 14.7. The van der Waals surface area contributed by atoms with Crippen LogP contribution < -0.4 is 10.1 Å². The molecule has 0 radical (unpaired) electrons. The van der Waals surface area contributed by atoms with Gasteiger partial charge in [0, 0.05) is 28.8 Å². The number of benzene rings is 2. The lowest BCUT2D eigenvalue weighted by molar-refractivity contribution is 0.414. The highest BCUT2D eigenvalue weighted by Crippen LogP contribution is 2.25. The maximum absolute atomic E-state index is 6.07. The molecule has 21 heavy (non-hydrogen) atoms. The van der Waals surface area contributed by atoms with Crippen LogP contribution in [0.15, 0.2) is 54.7 Å². The van der Waals surface area contributed by atoms with E-state index in [1.165, 1.54) is 5.56 Å². The third-order valence-corrected chi connectivity index (χ3v) is 3.58. The number of methoxy groups -OCH3 is 1. The van der Waals surface area contributed by atoms with Gasteiger partial charge in [-0.05, 0) is 42.0 Å². The van der Waals surface area contributed by atoms with Gasteiger partial charge in [0.05, 0.1) is 12.6 Å². The van der Waals surface area contributed by atoms with E-state index in [4.69, 9.17) is 16.3 Å². The summed E-state index contributed by atoms with van der Waals surface area (Å²) in [6, 6.07) is 15.7. The Labute approximate surface area is 128 Å². The van der Waals surface area contributed by atoms with Gasteiger partial charge in [-0.25, -0.2) is 0 Å². The molecular formula is C17H15ClN2O. The van der Waals surface area contributed by atoms with Crippen molar-refractivity contribution in [2.24, 2.45) is 0 Å². The van der Waals surface area contributed by atoms with E-state index < -0.39 is 0 Å². The molecule has 0 spiro atoms. The Hall–Kier alpha value is -2.26. The second-order valence-electron chi connectivity index (χ2n) is 4.72. The number of nitrogens with one attached hydrogen (secondary N) is 1. The van der Waals surface area contributed by atoms with Gasteiger partial charge < -0.3 is 10.1 Å². The Morgan fingerprint density at radius 3 is 2.67 bits per heavy atom. The van der Waals surface area contributed by atoms with Crippen LogP contribution in [0.3, 0.4) is 0 Å². The van der Waals surface area contributed by atoms with Crippen molar-refractivity contribution in [3.05, 3.63) is 65.3 Å². The third-order valence-electron chi connectivity index (χ3n) is 3.35. The largest absolute Gasteiger partial charge is 0.497 e. The number of halogens is 1. The summed E-state index contributed by atoms with van der Waals surface area (Å²) in [4.78, 5) is 4.35. The van der Waals surface area contributed by atoms with Crippen LogP contribution in [0, 0.1) is 0 Å². The van der Waals surface area contributed by atoms with Gasteiger partial charge in [0.2, 0.25) is 0 Å². The normalized spacial score (nSPS) is 10.6. The highest BCUT2D eigenvalue weighted by atomic mass is 35.5. The fraction of sp³-hybridized carbons (Fsp3) is 0.118. The molecule has 0 aliphatic carbocycles. The Kier molecular flexibility index (Phi) is 3.93. The number of rotatable bonds is 4. The van der Waals surface area contributed by atoms with Crippen molar-refractivity contribution in [1.29, 1.82) is 0 Å². The van der Waals surface area contributed by atoms with Crippen LogP contribution >= 0.6 is 11.6 Å². The topological polar surface area (TPSA) is 34.1 Å².